The van der Waals surface area contributed by atoms with Crippen molar-refractivity contribution in [3.8, 4) is 0 Å². The van der Waals surface area contributed by atoms with Crippen LogP contribution < -0.4 is 5.32 Å². The summed E-state index contributed by atoms with van der Waals surface area (Å²) in [7, 11) is 2.08. The van der Waals surface area contributed by atoms with Gasteiger partial charge in [0.05, 0.1) is 6.61 Å². The lowest BCUT2D eigenvalue weighted by Gasteiger charge is -2.46. The maximum Gasteiger partial charge on any atom is 0.0525 e. The highest BCUT2D eigenvalue weighted by atomic mass is 16.5. The molecule has 1 N–H and O–H groups in total. The van der Waals surface area contributed by atoms with Crippen molar-refractivity contribution in [2.24, 2.45) is 11.3 Å². The molecule has 1 unspecified atom stereocenters. The largest absolute Gasteiger partial charge is 0.381 e. The number of nitrogens with one attached hydrogen (secondary N) is 1. The predicted molar refractivity (Wildman–Crippen MR) is 58.4 cm³/mol. The molecule has 1 saturated heterocycles. The Balaban J connectivity index is 2.02. The van der Waals surface area contributed by atoms with Crippen molar-refractivity contribution in [3.05, 3.63) is 0 Å². The van der Waals surface area contributed by atoms with E-state index >= 15 is 0 Å². The van der Waals surface area contributed by atoms with E-state index in [4.69, 9.17) is 4.74 Å². The SMILES string of the molecule is CNCC1CCOCC12CCCCC2. The molecule has 1 aliphatic heterocycles. The lowest BCUT2D eigenvalue weighted by Crippen LogP contribution is -2.45. The van der Waals surface area contributed by atoms with Gasteiger partial charge in [-0.15, -0.1) is 0 Å². The number of hydrogen-bond acceptors (Lipinski definition) is 2. The van der Waals surface area contributed by atoms with Crippen LogP contribution in [0.5, 0.6) is 0 Å². The minimum Gasteiger partial charge on any atom is -0.381 e. The first-order valence-corrected chi connectivity index (χ1v) is 6.10. The average molecular weight is 197 g/mol. The van der Waals surface area contributed by atoms with Crippen molar-refractivity contribution in [2.45, 2.75) is 38.5 Å². The Bertz CT molecular complexity index is 165. The van der Waals surface area contributed by atoms with E-state index in [0.717, 1.165) is 19.1 Å². The lowest BCUT2D eigenvalue weighted by atomic mass is 9.64. The summed E-state index contributed by atoms with van der Waals surface area (Å²) in [6, 6.07) is 0. The maximum atomic E-state index is 5.71. The summed E-state index contributed by atoms with van der Waals surface area (Å²) in [6.07, 6.45) is 8.35. The summed E-state index contributed by atoms with van der Waals surface area (Å²) in [5.41, 5.74) is 0.541. The predicted octanol–water partition coefficient (Wildman–Crippen LogP) is 2.19. The Morgan fingerprint density at radius 1 is 1.29 bits per heavy atom. The molecule has 1 atom stereocenters. The van der Waals surface area contributed by atoms with Crippen LogP contribution in [0, 0.1) is 11.3 Å². The Labute approximate surface area is 87.4 Å². The van der Waals surface area contributed by atoms with E-state index in [1.165, 1.54) is 45.1 Å². The third-order valence-corrected chi connectivity index (χ3v) is 4.17. The fourth-order valence-corrected chi connectivity index (χ4v) is 3.30. The molecule has 2 heteroatoms. The summed E-state index contributed by atoms with van der Waals surface area (Å²) in [5, 5.41) is 3.35. The first-order chi connectivity index (χ1) is 6.87. The van der Waals surface area contributed by atoms with Crippen LogP contribution in [0.4, 0.5) is 0 Å². The van der Waals surface area contributed by atoms with Gasteiger partial charge in [0.2, 0.25) is 0 Å². The van der Waals surface area contributed by atoms with Crippen LogP contribution in [-0.2, 0) is 4.74 Å². The fourth-order valence-electron chi connectivity index (χ4n) is 3.30. The average Bonchev–Trinajstić information content (AvgIpc) is 2.23. The Morgan fingerprint density at radius 2 is 2.07 bits per heavy atom. The normalized spacial score (nSPS) is 31.9. The molecule has 0 amide bonds. The summed E-state index contributed by atoms with van der Waals surface area (Å²) < 4.78 is 5.71. The van der Waals surface area contributed by atoms with Gasteiger partial charge in [-0.25, -0.2) is 0 Å². The maximum absolute atomic E-state index is 5.71. The van der Waals surface area contributed by atoms with E-state index in [1.54, 1.807) is 0 Å². The van der Waals surface area contributed by atoms with Crippen LogP contribution in [0.2, 0.25) is 0 Å². The minimum atomic E-state index is 0.541. The second kappa shape index (κ2) is 4.63. The third-order valence-electron chi connectivity index (χ3n) is 4.17. The number of ether oxygens (including phenoxy) is 1. The van der Waals surface area contributed by atoms with Crippen LogP contribution in [-0.4, -0.2) is 26.8 Å². The molecule has 2 aliphatic rings. The van der Waals surface area contributed by atoms with Crippen molar-refractivity contribution < 1.29 is 4.74 Å². The Hall–Kier alpha value is -0.0800. The molecule has 1 heterocycles. The standard InChI is InChI=1S/C12H23NO/c1-13-9-11-5-8-14-10-12(11)6-3-2-4-7-12/h11,13H,2-10H2,1H3. The van der Waals surface area contributed by atoms with Gasteiger partial charge in [0.1, 0.15) is 0 Å². The van der Waals surface area contributed by atoms with Gasteiger partial charge in [0, 0.05) is 6.61 Å². The molecule has 0 radical (unpaired) electrons. The monoisotopic (exact) mass is 197 g/mol. The van der Waals surface area contributed by atoms with Gasteiger partial charge in [0.15, 0.2) is 0 Å². The van der Waals surface area contributed by atoms with E-state index in [0.29, 0.717) is 5.41 Å². The van der Waals surface area contributed by atoms with Gasteiger partial charge in [-0.3, -0.25) is 0 Å². The van der Waals surface area contributed by atoms with Crippen LogP contribution in [0.25, 0.3) is 0 Å². The van der Waals surface area contributed by atoms with Gasteiger partial charge >= 0.3 is 0 Å². The molecule has 2 nitrogen and oxygen atoms in total. The Morgan fingerprint density at radius 3 is 2.79 bits per heavy atom. The zero-order chi connectivity index (χ0) is 9.86. The lowest BCUT2D eigenvalue weighted by molar-refractivity contribution is -0.0708. The van der Waals surface area contributed by atoms with Crippen LogP contribution in [0.15, 0.2) is 0 Å². The molecule has 0 bridgehead atoms. The topological polar surface area (TPSA) is 21.3 Å². The molecule has 2 fully saturated rings. The second-order valence-electron chi connectivity index (χ2n) is 5.02. The minimum absolute atomic E-state index is 0.541. The van der Waals surface area contributed by atoms with Crippen LogP contribution in [0.3, 0.4) is 0 Å². The van der Waals surface area contributed by atoms with Crippen LogP contribution in [0.1, 0.15) is 38.5 Å². The molecule has 1 saturated carbocycles. The van der Waals surface area contributed by atoms with Crippen molar-refractivity contribution >= 4 is 0 Å². The second-order valence-corrected chi connectivity index (χ2v) is 5.02. The summed E-state index contributed by atoms with van der Waals surface area (Å²) >= 11 is 0. The fraction of sp³-hybridized carbons (Fsp3) is 1.00. The molecule has 0 aromatic carbocycles. The summed E-state index contributed by atoms with van der Waals surface area (Å²) in [6.45, 7) is 3.19. The van der Waals surface area contributed by atoms with E-state index in [2.05, 4.69) is 12.4 Å². The molecule has 1 spiro atoms. The summed E-state index contributed by atoms with van der Waals surface area (Å²) in [5.74, 6) is 0.863. The van der Waals surface area contributed by atoms with E-state index in [-0.39, 0.29) is 0 Å². The van der Waals surface area contributed by atoms with Gasteiger partial charge in [-0.2, -0.15) is 0 Å². The molecular weight excluding hydrogens is 174 g/mol. The third kappa shape index (κ3) is 1.96. The van der Waals surface area contributed by atoms with E-state index < -0.39 is 0 Å². The molecule has 14 heavy (non-hydrogen) atoms. The molecule has 1 aliphatic carbocycles. The van der Waals surface area contributed by atoms with E-state index in [1.807, 2.05) is 0 Å². The van der Waals surface area contributed by atoms with Crippen LogP contribution >= 0.6 is 0 Å². The smallest absolute Gasteiger partial charge is 0.0525 e. The van der Waals surface area contributed by atoms with Gasteiger partial charge in [0.25, 0.3) is 0 Å². The van der Waals surface area contributed by atoms with Crippen molar-refractivity contribution in [1.29, 1.82) is 0 Å². The van der Waals surface area contributed by atoms with Crippen molar-refractivity contribution in [3.63, 3.8) is 0 Å². The highest BCUT2D eigenvalue weighted by Gasteiger charge is 2.41. The molecule has 0 aromatic heterocycles. The highest BCUT2D eigenvalue weighted by molar-refractivity contribution is 4.91. The van der Waals surface area contributed by atoms with Crippen molar-refractivity contribution in [2.75, 3.05) is 26.8 Å². The first kappa shape index (κ1) is 10.4. The zero-order valence-corrected chi connectivity index (χ0v) is 9.35. The van der Waals surface area contributed by atoms with Gasteiger partial charge in [-0.1, -0.05) is 19.3 Å². The Kier molecular flexibility index (Phi) is 3.45. The molecular formula is C12H23NO. The number of hydrogen-bond donors (Lipinski definition) is 1. The molecule has 2 rings (SSSR count). The first-order valence-electron chi connectivity index (χ1n) is 6.10. The zero-order valence-electron chi connectivity index (χ0n) is 9.35. The van der Waals surface area contributed by atoms with Crippen molar-refractivity contribution in [1.82, 2.24) is 5.32 Å². The molecule has 82 valence electrons. The highest BCUT2D eigenvalue weighted by Crippen LogP contribution is 2.46. The van der Waals surface area contributed by atoms with E-state index in [9.17, 15) is 0 Å². The quantitative estimate of drug-likeness (QED) is 0.732. The molecule has 0 aromatic rings. The number of rotatable bonds is 2. The summed E-state index contributed by atoms with van der Waals surface area (Å²) in [4.78, 5) is 0. The van der Waals surface area contributed by atoms with Gasteiger partial charge < -0.3 is 10.1 Å². The van der Waals surface area contributed by atoms with Gasteiger partial charge in [-0.05, 0) is 44.2 Å².